The number of anilines is 1. The molecule has 0 aromatic carbocycles. The summed E-state index contributed by atoms with van der Waals surface area (Å²) in [5.74, 6) is 0. The minimum absolute atomic E-state index is 0.371. The first kappa shape index (κ1) is 7.93. The van der Waals surface area contributed by atoms with Gasteiger partial charge in [0.05, 0.1) is 10.6 Å². The lowest BCUT2D eigenvalue weighted by Gasteiger charge is -1.92. The van der Waals surface area contributed by atoms with Crippen molar-refractivity contribution in [2.24, 2.45) is 0 Å². The number of aromatic nitrogens is 3. The minimum atomic E-state index is -0.371. The molecule has 0 amide bonds. The quantitative estimate of drug-likeness (QED) is 0.691. The lowest BCUT2D eigenvalue weighted by molar-refractivity contribution is 1.08. The third kappa shape index (κ3) is 1.57. The van der Waals surface area contributed by atoms with Crippen molar-refractivity contribution in [1.82, 2.24) is 15.0 Å². The molecule has 0 bridgehead atoms. The van der Waals surface area contributed by atoms with Crippen molar-refractivity contribution in [3.8, 4) is 10.6 Å². The van der Waals surface area contributed by atoms with Gasteiger partial charge in [-0.25, -0.2) is 14.8 Å². The Balaban J connectivity index is 2.52. The third-order valence-corrected chi connectivity index (χ3v) is 2.32. The number of aromatic amines is 1. The number of nitrogens with zero attached hydrogens (tertiary/aromatic N) is 2. The van der Waals surface area contributed by atoms with Crippen molar-refractivity contribution in [3.05, 3.63) is 28.9 Å². The van der Waals surface area contributed by atoms with Gasteiger partial charge in [-0.05, 0) is 6.07 Å². The molecule has 0 aliphatic carbocycles. The molecule has 0 unspecified atom stereocenters. The van der Waals surface area contributed by atoms with Crippen LogP contribution in [0.5, 0.6) is 0 Å². The Hall–Kier alpha value is -1.69. The van der Waals surface area contributed by atoms with Crippen LogP contribution in [0.15, 0.2) is 23.3 Å². The molecular formula is C7H6N4OS. The second-order valence-electron chi connectivity index (χ2n) is 2.35. The van der Waals surface area contributed by atoms with Crippen LogP contribution in [0.25, 0.3) is 10.6 Å². The van der Waals surface area contributed by atoms with Crippen LogP contribution in [0.4, 0.5) is 5.13 Å². The van der Waals surface area contributed by atoms with Crippen LogP contribution in [0.2, 0.25) is 0 Å². The minimum Gasteiger partial charge on any atom is -0.375 e. The molecule has 2 heterocycles. The summed E-state index contributed by atoms with van der Waals surface area (Å²) < 4.78 is 0. The van der Waals surface area contributed by atoms with Crippen LogP contribution in [-0.2, 0) is 0 Å². The van der Waals surface area contributed by atoms with Crippen molar-refractivity contribution in [3.63, 3.8) is 0 Å². The van der Waals surface area contributed by atoms with Crippen LogP contribution < -0.4 is 11.4 Å². The Kier molecular flexibility index (Phi) is 1.82. The summed E-state index contributed by atoms with van der Waals surface area (Å²) in [5, 5.41) is 0.479. The van der Waals surface area contributed by atoms with Crippen molar-refractivity contribution < 1.29 is 0 Å². The summed E-state index contributed by atoms with van der Waals surface area (Å²) in [6, 6.07) is 1.70. The summed E-state index contributed by atoms with van der Waals surface area (Å²) in [4.78, 5) is 21.7. The van der Waals surface area contributed by atoms with Crippen LogP contribution in [0.3, 0.4) is 0 Å². The Labute approximate surface area is 77.3 Å². The van der Waals surface area contributed by atoms with Crippen molar-refractivity contribution in [1.29, 1.82) is 0 Å². The highest BCUT2D eigenvalue weighted by Crippen LogP contribution is 2.23. The van der Waals surface area contributed by atoms with E-state index in [1.807, 2.05) is 0 Å². The number of thiazole rings is 1. The van der Waals surface area contributed by atoms with E-state index in [2.05, 4.69) is 15.0 Å². The summed E-state index contributed by atoms with van der Waals surface area (Å²) >= 11 is 1.32. The fourth-order valence-electron chi connectivity index (χ4n) is 0.925. The first-order valence-electron chi connectivity index (χ1n) is 3.53. The lowest BCUT2D eigenvalue weighted by atomic mass is 10.4. The number of nitrogens with one attached hydrogen (secondary N) is 1. The molecule has 2 rings (SSSR count). The highest BCUT2D eigenvalue weighted by atomic mass is 32.1. The van der Waals surface area contributed by atoms with Gasteiger partial charge in [-0.2, -0.15) is 0 Å². The zero-order valence-electron chi connectivity index (χ0n) is 6.52. The number of hydrogen-bond donors (Lipinski definition) is 2. The topological polar surface area (TPSA) is 84.7 Å². The maximum absolute atomic E-state index is 10.9. The molecule has 2 aromatic rings. The van der Waals surface area contributed by atoms with Gasteiger partial charge in [-0.1, -0.05) is 11.3 Å². The van der Waals surface area contributed by atoms with Crippen LogP contribution in [-0.4, -0.2) is 15.0 Å². The van der Waals surface area contributed by atoms with Gasteiger partial charge in [-0.3, -0.25) is 0 Å². The van der Waals surface area contributed by atoms with Crippen molar-refractivity contribution in [2.45, 2.75) is 0 Å². The van der Waals surface area contributed by atoms with E-state index >= 15 is 0 Å². The van der Waals surface area contributed by atoms with Crippen LogP contribution >= 0.6 is 11.3 Å². The molecule has 6 heteroatoms. The SMILES string of the molecule is Nc1ncc(-c2ccnc(=O)[nH]2)s1. The molecule has 0 saturated heterocycles. The van der Waals surface area contributed by atoms with Gasteiger partial charge in [0, 0.05) is 12.4 Å². The summed E-state index contributed by atoms with van der Waals surface area (Å²) in [7, 11) is 0. The third-order valence-electron chi connectivity index (χ3n) is 1.46. The first-order chi connectivity index (χ1) is 6.25. The zero-order chi connectivity index (χ0) is 9.26. The fraction of sp³-hybridized carbons (Fsp3) is 0. The second kappa shape index (κ2) is 2.98. The molecule has 2 aromatic heterocycles. The van der Waals surface area contributed by atoms with Crippen molar-refractivity contribution in [2.75, 3.05) is 5.73 Å². The Morgan fingerprint density at radius 1 is 1.46 bits per heavy atom. The second-order valence-corrected chi connectivity index (χ2v) is 3.41. The highest BCUT2D eigenvalue weighted by Gasteiger charge is 2.02. The van der Waals surface area contributed by atoms with E-state index in [0.717, 1.165) is 4.88 Å². The summed E-state index contributed by atoms with van der Waals surface area (Å²) in [5.41, 5.74) is 5.77. The van der Waals surface area contributed by atoms with E-state index < -0.39 is 0 Å². The zero-order valence-corrected chi connectivity index (χ0v) is 7.34. The van der Waals surface area contributed by atoms with Gasteiger partial charge in [0.2, 0.25) is 0 Å². The smallest absolute Gasteiger partial charge is 0.345 e. The molecule has 0 radical (unpaired) electrons. The monoisotopic (exact) mass is 194 g/mol. The van der Waals surface area contributed by atoms with E-state index in [-0.39, 0.29) is 5.69 Å². The highest BCUT2D eigenvalue weighted by molar-refractivity contribution is 7.18. The molecule has 66 valence electrons. The molecule has 0 aliphatic rings. The number of H-pyrrole nitrogens is 1. The predicted molar refractivity (Wildman–Crippen MR) is 50.4 cm³/mol. The molecule has 5 nitrogen and oxygen atoms in total. The van der Waals surface area contributed by atoms with E-state index in [4.69, 9.17) is 5.73 Å². The molecule has 13 heavy (non-hydrogen) atoms. The number of hydrogen-bond acceptors (Lipinski definition) is 5. The molecule has 0 saturated carbocycles. The number of nitrogens with two attached hydrogens (primary N) is 1. The first-order valence-corrected chi connectivity index (χ1v) is 4.34. The number of nitrogen functional groups attached to an aromatic ring is 1. The van der Waals surface area contributed by atoms with Gasteiger partial charge in [0.1, 0.15) is 0 Å². The summed E-state index contributed by atoms with van der Waals surface area (Å²) in [6.45, 7) is 0. The van der Waals surface area contributed by atoms with E-state index in [1.54, 1.807) is 12.3 Å². The largest absolute Gasteiger partial charge is 0.375 e. The maximum Gasteiger partial charge on any atom is 0.345 e. The standard InChI is InChI=1S/C7H6N4OS/c8-6-10-3-5(13-6)4-1-2-9-7(12)11-4/h1-3H,(H2,8,10)(H,9,11,12). The molecular weight excluding hydrogens is 188 g/mol. The van der Waals surface area contributed by atoms with Gasteiger partial charge in [0.15, 0.2) is 5.13 Å². The van der Waals surface area contributed by atoms with E-state index in [1.165, 1.54) is 17.5 Å². The van der Waals surface area contributed by atoms with Gasteiger partial charge >= 0.3 is 5.69 Å². The van der Waals surface area contributed by atoms with E-state index in [0.29, 0.717) is 10.8 Å². The molecule has 0 aliphatic heterocycles. The molecule has 0 spiro atoms. The summed E-state index contributed by atoms with van der Waals surface area (Å²) in [6.07, 6.45) is 3.06. The lowest BCUT2D eigenvalue weighted by Crippen LogP contribution is -2.08. The molecule has 3 N–H and O–H groups in total. The fourth-order valence-corrected chi connectivity index (χ4v) is 1.59. The van der Waals surface area contributed by atoms with Gasteiger partial charge in [0.25, 0.3) is 0 Å². The van der Waals surface area contributed by atoms with Gasteiger partial charge in [-0.15, -0.1) is 0 Å². The average molecular weight is 194 g/mol. The molecule has 0 atom stereocenters. The maximum atomic E-state index is 10.9. The Bertz CT molecular complexity index is 475. The molecule has 0 fully saturated rings. The number of rotatable bonds is 1. The normalized spacial score (nSPS) is 10.2. The Morgan fingerprint density at radius 2 is 2.31 bits per heavy atom. The average Bonchev–Trinajstić information content (AvgIpc) is 2.52. The van der Waals surface area contributed by atoms with Crippen molar-refractivity contribution >= 4 is 16.5 Å². The van der Waals surface area contributed by atoms with Gasteiger partial charge < -0.3 is 10.7 Å². The van der Waals surface area contributed by atoms with Crippen LogP contribution in [0.1, 0.15) is 0 Å². The Morgan fingerprint density at radius 3 is 2.92 bits per heavy atom. The predicted octanol–water partition coefficient (Wildman–Crippen LogP) is 0.476. The van der Waals surface area contributed by atoms with E-state index in [9.17, 15) is 4.79 Å². The van der Waals surface area contributed by atoms with Crippen LogP contribution in [0, 0.1) is 0 Å².